The first-order chi connectivity index (χ1) is 12.3. The van der Waals surface area contributed by atoms with E-state index in [2.05, 4.69) is 15.3 Å². The Hall–Kier alpha value is -2.23. The summed E-state index contributed by atoms with van der Waals surface area (Å²) in [5.74, 6) is -0.269. The lowest BCUT2D eigenvalue weighted by atomic mass is 10.3. The van der Waals surface area contributed by atoms with E-state index in [1.54, 1.807) is 12.1 Å². The molecule has 8 nitrogen and oxygen atoms in total. The van der Waals surface area contributed by atoms with E-state index < -0.39 is 11.2 Å². The van der Waals surface area contributed by atoms with Gasteiger partial charge in [0.25, 0.3) is 5.56 Å². The lowest BCUT2D eigenvalue weighted by Gasteiger charge is -2.06. The number of aryl methyl sites for hydroxylation is 1. The molecule has 3 aromatic rings. The van der Waals surface area contributed by atoms with Gasteiger partial charge in [0.2, 0.25) is 5.91 Å². The van der Waals surface area contributed by atoms with Gasteiger partial charge in [-0.05, 0) is 18.2 Å². The molecule has 26 heavy (non-hydrogen) atoms. The average Bonchev–Trinajstić information content (AvgIpc) is 3.03. The summed E-state index contributed by atoms with van der Waals surface area (Å²) in [5, 5.41) is 3.83. The highest BCUT2D eigenvalue weighted by Gasteiger charge is 2.15. The Morgan fingerprint density at radius 2 is 2.00 bits per heavy atom. The molecule has 136 valence electrons. The zero-order chi connectivity index (χ0) is 19.0. The van der Waals surface area contributed by atoms with Crippen LogP contribution in [-0.4, -0.2) is 30.8 Å². The van der Waals surface area contributed by atoms with Crippen LogP contribution < -0.4 is 16.6 Å². The normalized spacial score (nSPS) is 11.1. The molecule has 1 amide bonds. The Balaban J connectivity index is 1.76. The van der Waals surface area contributed by atoms with Crippen molar-refractivity contribution in [3.63, 3.8) is 0 Å². The van der Waals surface area contributed by atoms with E-state index in [0.29, 0.717) is 20.9 Å². The number of amides is 1. The van der Waals surface area contributed by atoms with Crippen molar-refractivity contribution in [2.45, 2.75) is 5.16 Å². The molecule has 0 bridgehead atoms. The number of anilines is 1. The van der Waals surface area contributed by atoms with E-state index in [-0.39, 0.29) is 22.8 Å². The van der Waals surface area contributed by atoms with Crippen LogP contribution in [0.5, 0.6) is 0 Å². The number of rotatable bonds is 4. The summed E-state index contributed by atoms with van der Waals surface area (Å²) >= 11 is 12.9. The summed E-state index contributed by atoms with van der Waals surface area (Å²) in [6.07, 6.45) is 0. The molecule has 0 saturated heterocycles. The van der Waals surface area contributed by atoms with Crippen LogP contribution in [-0.2, 0) is 18.9 Å². The van der Waals surface area contributed by atoms with Crippen molar-refractivity contribution >= 4 is 57.7 Å². The highest BCUT2D eigenvalue weighted by Crippen LogP contribution is 2.25. The maximum Gasteiger partial charge on any atom is 0.332 e. The van der Waals surface area contributed by atoms with Gasteiger partial charge in [0, 0.05) is 19.1 Å². The highest BCUT2D eigenvalue weighted by atomic mass is 35.5. The molecule has 0 aliphatic heterocycles. The molecule has 0 fully saturated rings. The number of H-pyrrole nitrogens is 1. The molecule has 3 rings (SSSR count). The minimum absolute atomic E-state index is 0.0348. The summed E-state index contributed by atoms with van der Waals surface area (Å²) in [5.41, 5.74) is -0.0527. The van der Waals surface area contributed by atoms with Gasteiger partial charge in [-0.15, -0.1) is 0 Å². The third kappa shape index (κ3) is 3.50. The molecule has 0 spiro atoms. The van der Waals surface area contributed by atoms with Crippen molar-refractivity contribution in [1.29, 1.82) is 0 Å². The second-order valence-electron chi connectivity index (χ2n) is 5.41. The molecular weight excluding hydrogens is 401 g/mol. The monoisotopic (exact) mass is 413 g/mol. The van der Waals surface area contributed by atoms with Crippen LogP contribution in [0.4, 0.5) is 5.69 Å². The number of aromatic nitrogens is 4. The molecule has 2 heterocycles. The fourth-order valence-corrected chi connectivity index (χ4v) is 3.41. The van der Waals surface area contributed by atoms with Gasteiger partial charge < -0.3 is 10.3 Å². The first kappa shape index (κ1) is 18.6. The Morgan fingerprint density at radius 1 is 1.27 bits per heavy atom. The Labute approximate surface area is 161 Å². The minimum atomic E-state index is -0.472. The molecule has 11 heteroatoms. The van der Waals surface area contributed by atoms with E-state index >= 15 is 0 Å². The molecule has 2 N–H and O–H groups in total. The summed E-state index contributed by atoms with van der Waals surface area (Å²) in [6, 6.07) is 4.75. The number of carbonyl (C=O) groups is 1. The van der Waals surface area contributed by atoms with E-state index in [4.69, 9.17) is 23.2 Å². The van der Waals surface area contributed by atoms with Gasteiger partial charge in [0.15, 0.2) is 16.3 Å². The van der Waals surface area contributed by atoms with Gasteiger partial charge in [0.05, 0.1) is 16.5 Å². The SMILES string of the molecule is Cn1c(=O)c2[nH]c(SCC(=O)Nc3ccc(Cl)cc3Cl)nc2n(C)c1=O. The largest absolute Gasteiger partial charge is 0.332 e. The number of nitrogens with one attached hydrogen (secondary N) is 2. The van der Waals surface area contributed by atoms with Crippen molar-refractivity contribution in [3.8, 4) is 0 Å². The third-order valence-electron chi connectivity index (χ3n) is 3.62. The number of nitrogens with zero attached hydrogens (tertiary/aromatic N) is 3. The summed E-state index contributed by atoms with van der Waals surface area (Å²) in [4.78, 5) is 43.2. The van der Waals surface area contributed by atoms with E-state index in [0.717, 1.165) is 16.3 Å². The van der Waals surface area contributed by atoms with Crippen LogP contribution >= 0.6 is 35.0 Å². The summed E-state index contributed by atoms with van der Waals surface area (Å²) in [7, 11) is 2.91. The minimum Gasteiger partial charge on any atom is -0.327 e. The molecule has 0 aliphatic rings. The van der Waals surface area contributed by atoms with Crippen LogP contribution in [0.15, 0.2) is 32.9 Å². The maximum atomic E-state index is 12.1. The van der Waals surface area contributed by atoms with Gasteiger partial charge in [-0.2, -0.15) is 0 Å². The zero-order valence-corrected chi connectivity index (χ0v) is 16.0. The number of hydrogen-bond donors (Lipinski definition) is 2. The number of hydrogen-bond acceptors (Lipinski definition) is 5. The third-order valence-corrected chi connectivity index (χ3v) is 5.04. The van der Waals surface area contributed by atoms with E-state index in [1.807, 2.05) is 0 Å². The van der Waals surface area contributed by atoms with Gasteiger partial charge in [-0.25, -0.2) is 9.78 Å². The molecule has 0 aliphatic carbocycles. The van der Waals surface area contributed by atoms with Crippen molar-refractivity contribution in [3.05, 3.63) is 49.1 Å². The predicted molar refractivity (Wildman–Crippen MR) is 102 cm³/mol. The molecular formula is C15H13Cl2N5O3S. The van der Waals surface area contributed by atoms with Gasteiger partial charge in [-0.3, -0.25) is 18.7 Å². The number of thioether (sulfide) groups is 1. The smallest absolute Gasteiger partial charge is 0.327 e. The predicted octanol–water partition coefficient (Wildman–Crippen LogP) is 2.00. The summed E-state index contributed by atoms with van der Waals surface area (Å²) in [6.45, 7) is 0. The molecule has 1 aromatic carbocycles. The quantitative estimate of drug-likeness (QED) is 0.636. The summed E-state index contributed by atoms with van der Waals surface area (Å²) < 4.78 is 2.26. The molecule has 0 radical (unpaired) electrons. The van der Waals surface area contributed by atoms with Crippen LogP contribution in [0.1, 0.15) is 0 Å². The second kappa shape index (κ2) is 7.18. The van der Waals surface area contributed by atoms with Gasteiger partial charge >= 0.3 is 5.69 Å². The maximum absolute atomic E-state index is 12.1. The average molecular weight is 414 g/mol. The van der Waals surface area contributed by atoms with E-state index in [9.17, 15) is 14.4 Å². The van der Waals surface area contributed by atoms with Gasteiger partial charge in [-0.1, -0.05) is 35.0 Å². The molecule has 2 aromatic heterocycles. The standard InChI is InChI=1S/C15H13Cl2N5O3S/c1-21-12-11(13(24)22(2)15(21)25)19-14(20-12)26-6-10(23)18-9-4-3-7(16)5-8(9)17/h3-5H,6H2,1-2H3,(H,18,23)(H,19,20). The van der Waals surface area contributed by atoms with Crippen LogP contribution in [0, 0.1) is 0 Å². The number of aromatic amines is 1. The lowest BCUT2D eigenvalue weighted by molar-refractivity contribution is -0.113. The lowest BCUT2D eigenvalue weighted by Crippen LogP contribution is -2.36. The number of fused-ring (bicyclic) bond motifs is 1. The topological polar surface area (TPSA) is 102 Å². The van der Waals surface area contributed by atoms with E-state index in [1.165, 1.54) is 24.7 Å². The first-order valence-corrected chi connectivity index (χ1v) is 9.05. The number of halogens is 2. The van der Waals surface area contributed by atoms with Crippen molar-refractivity contribution in [2.75, 3.05) is 11.1 Å². The Bertz CT molecular complexity index is 1130. The fourth-order valence-electron chi connectivity index (χ4n) is 2.28. The fraction of sp³-hybridized carbons (Fsp3) is 0.200. The van der Waals surface area contributed by atoms with Gasteiger partial charge in [0.1, 0.15) is 0 Å². The zero-order valence-electron chi connectivity index (χ0n) is 13.7. The highest BCUT2D eigenvalue weighted by molar-refractivity contribution is 7.99. The van der Waals surface area contributed by atoms with Crippen LogP contribution in [0.25, 0.3) is 11.2 Å². The Kier molecular flexibility index (Phi) is 5.12. The Morgan fingerprint density at radius 3 is 2.69 bits per heavy atom. The second-order valence-corrected chi connectivity index (χ2v) is 7.22. The molecule has 0 saturated carbocycles. The number of carbonyl (C=O) groups excluding carboxylic acids is 1. The molecule has 0 unspecified atom stereocenters. The van der Waals surface area contributed by atoms with Crippen molar-refractivity contribution < 1.29 is 4.79 Å². The number of imidazole rings is 1. The van der Waals surface area contributed by atoms with Crippen molar-refractivity contribution in [2.24, 2.45) is 14.1 Å². The van der Waals surface area contributed by atoms with Crippen LogP contribution in [0.2, 0.25) is 10.0 Å². The molecule has 0 atom stereocenters. The first-order valence-electron chi connectivity index (χ1n) is 7.31. The number of benzene rings is 1. The van der Waals surface area contributed by atoms with Crippen molar-refractivity contribution in [1.82, 2.24) is 19.1 Å². The van der Waals surface area contributed by atoms with Crippen LogP contribution in [0.3, 0.4) is 0 Å².